The fraction of sp³-hybridized carbons (Fsp3) is 0.136. The molecular formula is C22H20Cl2N2O3S. The number of carbonyl (C=O) groups excluding carboxylic acids is 1. The molecule has 0 heterocycles. The van der Waals surface area contributed by atoms with Gasteiger partial charge in [0.1, 0.15) is 6.54 Å². The Morgan fingerprint density at radius 1 is 0.933 bits per heavy atom. The van der Waals surface area contributed by atoms with E-state index in [1.54, 1.807) is 61.5 Å². The average Bonchev–Trinajstić information content (AvgIpc) is 2.71. The Morgan fingerprint density at radius 3 is 2.20 bits per heavy atom. The smallest absolute Gasteiger partial charge is 0.264 e. The van der Waals surface area contributed by atoms with E-state index in [1.165, 1.54) is 12.1 Å². The second-order valence-electron chi connectivity index (χ2n) is 6.76. The fourth-order valence-corrected chi connectivity index (χ4v) is 4.54. The van der Waals surface area contributed by atoms with Crippen LogP contribution >= 0.6 is 23.2 Å². The van der Waals surface area contributed by atoms with E-state index in [0.717, 1.165) is 9.87 Å². The van der Waals surface area contributed by atoms with Crippen LogP contribution in [0.15, 0.2) is 71.6 Å². The highest BCUT2D eigenvalue weighted by Crippen LogP contribution is 2.27. The van der Waals surface area contributed by atoms with Gasteiger partial charge in [-0.2, -0.15) is 0 Å². The SMILES string of the molecule is Cc1ccc(S(=O)(=O)N(CC(=O)Nc2cccc(Cl)c2C)c2ccc(Cl)cc2)cc1. The van der Waals surface area contributed by atoms with Gasteiger partial charge >= 0.3 is 0 Å². The van der Waals surface area contributed by atoms with Crippen molar-refractivity contribution in [1.82, 2.24) is 0 Å². The third-order valence-electron chi connectivity index (χ3n) is 4.55. The summed E-state index contributed by atoms with van der Waals surface area (Å²) in [6.45, 7) is 3.23. The highest BCUT2D eigenvalue weighted by atomic mass is 35.5. The molecule has 5 nitrogen and oxygen atoms in total. The lowest BCUT2D eigenvalue weighted by atomic mass is 10.2. The number of rotatable bonds is 6. The Balaban J connectivity index is 1.95. The Bertz CT molecular complexity index is 1160. The number of carbonyl (C=O) groups is 1. The predicted molar refractivity (Wildman–Crippen MR) is 122 cm³/mol. The Kier molecular flexibility index (Phi) is 6.71. The van der Waals surface area contributed by atoms with Crippen LogP contribution < -0.4 is 9.62 Å². The van der Waals surface area contributed by atoms with Crippen LogP contribution in [0.5, 0.6) is 0 Å². The van der Waals surface area contributed by atoms with Crippen LogP contribution in [0.25, 0.3) is 0 Å². The van der Waals surface area contributed by atoms with Gasteiger partial charge in [-0.15, -0.1) is 0 Å². The van der Waals surface area contributed by atoms with Gasteiger partial charge in [-0.3, -0.25) is 9.10 Å². The van der Waals surface area contributed by atoms with Crippen LogP contribution in [0.3, 0.4) is 0 Å². The number of amides is 1. The molecule has 0 saturated carbocycles. The van der Waals surface area contributed by atoms with Crippen molar-refractivity contribution in [3.63, 3.8) is 0 Å². The molecule has 3 rings (SSSR count). The highest BCUT2D eigenvalue weighted by molar-refractivity contribution is 7.92. The summed E-state index contributed by atoms with van der Waals surface area (Å²) in [5, 5.41) is 3.71. The lowest BCUT2D eigenvalue weighted by molar-refractivity contribution is -0.114. The second kappa shape index (κ2) is 9.08. The summed E-state index contributed by atoms with van der Waals surface area (Å²) >= 11 is 12.1. The first kappa shape index (κ1) is 22.2. The summed E-state index contributed by atoms with van der Waals surface area (Å²) < 4.78 is 27.7. The first-order valence-corrected chi connectivity index (χ1v) is 11.3. The molecular weight excluding hydrogens is 443 g/mol. The fourth-order valence-electron chi connectivity index (χ4n) is 2.82. The molecule has 0 atom stereocenters. The minimum atomic E-state index is -3.99. The molecule has 0 spiro atoms. The summed E-state index contributed by atoms with van der Waals surface area (Å²) in [5.41, 5.74) is 2.49. The van der Waals surface area contributed by atoms with E-state index in [-0.39, 0.29) is 4.90 Å². The number of aryl methyl sites for hydroxylation is 1. The predicted octanol–water partition coefficient (Wildman–Crippen LogP) is 5.44. The van der Waals surface area contributed by atoms with E-state index in [1.807, 2.05) is 6.92 Å². The molecule has 8 heteroatoms. The zero-order valence-electron chi connectivity index (χ0n) is 16.4. The third-order valence-corrected chi connectivity index (χ3v) is 7.00. The second-order valence-corrected chi connectivity index (χ2v) is 9.47. The standard InChI is InChI=1S/C22H20Cl2N2O3S/c1-15-6-12-19(13-7-15)30(28,29)26(18-10-8-17(23)9-11-18)14-22(27)25-21-5-3-4-20(24)16(21)2/h3-13H,14H2,1-2H3,(H,25,27). The molecule has 30 heavy (non-hydrogen) atoms. The molecule has 1 amide bonds. The topological polar surface area (TPSA) is 66.5 Å². The lowest BCUT2D eigenvalue weighted by Crippen LogP contribution is -2.38. The Morgan fingerprint density at radius 2 is 1.57 bits per heavy atom. The van der Waals surface area contributed by atoms with Crippen molar-refractivity contribution in [2.45, 2.75) is 18.7 Å². The maximum atomic E-state index is 13.3. The first-order valence-electron chi connectivity index (χ1n) is 9.08. The average molecular weight is 463 g/mol. The molecule has 0 aliphatic heterocycles. The molecule has 0 aliphatic rings. The maximum absolute atomic E-state index is 13.3. The zero-order chi connectivity index (χ0) is 21.9. The summed E-state index contributed by atoms with van der Waals surface area (Å²) in [6.07, 6.45) is 0. The zero-order valence-corrected chi connectivity index (χ0v) is 18.7. The van der Waals surface area contributed by atoms with Crippen LogP contribution in [0.4, 0.5) is 11.4 Å². The Hall–Kier alpha value is -2.54. The maximum Gasteiger partial charge on any atom is 0.264 e. The van der Waals surface area contributed by atoms with E-state index in [2.05, 4.69) is 5.32 Å². The number of anilines is 2. The molecule has 156 valence electrons. The molecule has 0 unspecified atom stereocenters. The highest BCUT2D eigenvalue weighted by Gasteiger charge is 2.27. The van der Waals surface area contributed by atoms with Crippen molar-refractivity contribution in [3.8, 4) is 0 Å². The van der Waals surface area contributed by atoms with Crippen molar-refractivity contribution in [2.24, 2.45) is 0 Å². The van der Waals surface area contributed by atoms with E-state index in [0.29, 0.717) is 27.0 Å². The first-order chi connectivity index (χ1) is 14.2. The number of halogens is 2. The van der Waals surface area contributed by atoms with E-state index in [4.69, 9.17) is 23.2 Å². The summed E-state index contributed by atoms with van der Waals surface area (Å²) in [4.78, 5) is 12.9. The molecule has 3 aromatic rings. The summed E-state index contributed by atoms with van der Waals surface area (Å²) in [7, 11) is -3.99. The van der Waals surface area contributed by atoms with Crippen molar-refractivity contribution < 1.29 is 13.2 Å². The largest absolute Gasteiger partial charge is 0.324 e. The number of hydrogen-bond acceptors (Lipinski definition) is 3. The quantitative estimate of drug-likeness (QED) is 0.529. The number of nitrogens with zero attached hydrogens (tertiary/aromatic N) is 1. The third kappa shape index (κ3) is 4.95. The van der Waals surface area contributed by atoms with Crippen molar-refractivity contribution >= 4 is 50.5 Å². The number of sulfonamides is 1. The molecule has 0 bridgehead atoms. The molecule has 0 saturated heterocycles. The summed E-state index contributed by atoms with van der Waals surface area (Å²) in [6, 6.07) is 17.9. The van der Waals surface area contributed by atoms with Crippen LogP contribution in [-0.2, 0) is 14.8 Å². The van der Waals surface area contributed by atoms with Crippen LogP contribution in [0.2, 0.25) is 10.0 Å². The van der Waals surface area contributed by atoms with Gasteiger partial charge in [-0.05, 0) is 67.9 Å². The van der Waals surface area contributed by atoms with Crippen LogP contribution in [0.1, 0.15) is 11.1 Å². The number of benzene rings is 3. The van der Waals surface area contributed by atoms with Gasteiger partial charge in [-0.1, -0.05) is 47.0 Å². The molecule has 1 N–H and O–H groups in total. The minimum absolute atomic E-state index is 0.0924. The van der Waals surface area contributed by atoms with E-state index < -0.39 is 22.5 Å². The van der Waals surface area contributed by atoms with Crippen molar-refractivity contribution in [3.05, 3.63) is 87.9 Å². The molecule has 3 aromatic carbocycles. The van der Waals surface area contributed by atoms with Gasteiger partial charge in [0.25, 0.3) is 10.0 Å². The van der Waals surface area contributed by atoms with Crippen molar-refractivity contribution in [1.29, 1.82) is 0 Å². The molecule has 0 radical (unpaired) electrons. The van der Waals surface area contributed by atoms with E-state index >= 15 is 0 Å². The van der Waals surface area contributed by atoms with Crippen molar-refractivity contribution in [2.75, 3.05) is 16.2 Å². The molecule has 0 aliphatic carbocycles. The monoisotopic (exact) mass is 462 g/mol. The van der Waals surface area contributed by atoms with Gasteiger partial charge in [0.2, 0.25) is 5.91 Å². The van der Waals surface area contributed by atoms with Gasteiger partial charge < -0.3 is 5.32 Å². The minimum Gasteiger partial charge on any atom is -0.324 e. The number of hydrogen-bond donors (Lipinski definition) is 1. The van der Waals surface area contributed by atoms with E-state index in [9.17, 15) is 13.2 Å². The Labute approximate surface area is 186 Å². The van der Waals surface area contributed by atoms with Crippen LogP contribution in [-0.4, -0.2) is 20.9 Å². The molecule has 0 fully saturated rings. The normalized spacial score (nSPS) is 11.2. The van der Waals surface area contributed by atoms with Gasteiger partial charge in [0.15, 0.2) is 0 Å². The number of nitrogens with one attached hydrogen (secondary N) is 1. The lowest BCUT2D eigenvalue weighted by Gasteiger charge is -2.24. The van der Waals surface area contributed by atoms with Gasteiger partial charge in [0, 0.05) is 15.7 Å². The van der Waals surface area contributed by atoms with Gasteiger partial charge in [0.05, 0.1) is 10.6 Å². The summed E-state index contributed by atoms with van der Waals surface area (Å²) in [5.74, 6) is -0.494. The molecule has 0 aromatic heterocycles. The van der Waals surface area contributed by atoms with Gasteiger partial charge in [-0.25, -0.2) is 8.42 Å². The van der Waals surface area contributed by atoms with Crippen LogP contribution in [0, 0.1) is 13.8 Å².